The van der Waals surface area contributed by atoms with Gasteiger partial charge in [-0.3, -0.25) is 0 Å². The van der Waals surface area contributed by atoms with Gasteiger partial charge in [0.1, 0.15) is 10.5 Å². The third kappa shape index (κ3) is 4.72. The largest absolute Gasteiger partial charge is 0.424 e. The normalized spacial score (nSPS) is 9.60. The van der Waals surface area contributed by atoms with E-state index in [0.717, 1.165) is 27.8 Å². The van der Waals surface area contributed by atoms with Crippen molar-refractivity contribution in [3.63, 3.8) is 0 Å². The SMILES string of the molecule is [SiH3]OCc1cccc(C#Cc2ccccc2)c1C#Cc1ccccc1. The van der Waals surface area contributed by atoms with Crippen LogP contribution in [0.25, 0.3) is 0 Å². The van der Waals surface area contributed by atoms with Gasteiger partial charge in [0.25, 0.3) is 0 Å². The van der Waals surface area contributed by atoms with Crippen LogP contribution in [0.1, 0.15) is 27.8 Å². The third-order valence-corrected chi connectivity index (χ3v) is 3.96. The van der Waals surface area contributed by atoms with Crippen molar-refractivity contribution in [3.8, 4) is 23.7 Å². The first-order valence-corrected chi connectivity index (χ1v) is 8.93. The fourth-order valence-electron chi connectivity index (χ4n) is 2.44. The van der Waals surface area contributed by atoms with Crippen molar-refractivity contribution in [1.82, 2.24) is 0 Å². The minimum Gasteiger partial charge on any atom is -0.424 e. The highest BCUT2D eigenvalue weighted by atomic mass is 28.2. The van der Waals surface area contributed by atoms with Crippen LogP contribution in [-0.2, 0) is 11.0 Å². The molecule has 0 aromatic heterocycles. The van der Waals surface area contributed by atoms with Gasteiger partial charge in [-0.25, -0.2) is 0 Å². The van der Waals surface area contributed by atoms with Crippen molar-refractivity contribution in [2.75, 3.05) is 0 Å². The van der Waals surface area contributed by atoms with Crippen LogP contribution < -0.4 is 0 Å². The molecule has 120 valence electrons. The first-order valence-electron chi connectivity index (χ1n) is 8.12. The summed E-state index contributed by atoms with van der Waals surface area (Å²) in [6, 6.07) is 26.1. The molecule has 2 heteroatoms. The standard InChI is InChI=1S/C23H18OSi/c25-24-18-22-13-7-12-21(16-14-19-8-3-1-4-9-19)23(22)17-15-20-10-5-2-6-11-20/h1-13H,18H2,25H3. The molecule has 0 bridgehead atoms. The van der Waals surface area contributed by atoms with Crippen LogP contribution >= 0.6 is 0 Å². The lowest BCUT2D eigenvalue weighted by molar-refractivity contribution is 0.338. The Labute approximate surface area is 152 Å². The number of rotatable bonds is 2. The lowest BCUT2D eigenvalue weighted by Gasteiger charge is -2.06. The van der Waals surface area contributed by atoms with Crippen LogP contribution in [0.5, 0.6) is 0 Å². The highest BCUT2D eigenvalue weighted by Crippen LogP contribution is 2.15. The zero-order valence-corrected chi connectivity index (χ0v) is 16.1. The summed E-state index contributed by atoms with van der Waals surface area (Å²) in [6.07, 6.45) is 0. The Kier molecular flexibility index (Phi) is 5.85. The van der Waals surface area contributed by atoms with Crippen LogP contribution in [0.4, 0.5) is 0 Å². The molecule has 0 saturated heterocycles. The highest BCUT2D eigenvalue weighted by Gasteiger charge is 2.04. The Morgan fingerprint density at radius 1 is 0.640 bits per heavy atom. The summed E-state index contributed by atoms with van der Waals surface area (Å²) < 4.78 is 5.46. The second kappa shape index (κ2) is 8.71. The topological polar surface area (TPSA) is 9.23 Å². The van der Waals surface area contributed by atoms with Crippen LogP contribution in [0.15, 0.2) is 78.9 Å². The van der Waals surface area contributed by atoms with Crippen LogP contribution in [0.3, 0.4) is 0 Å². The van der Waals surface area contributed by atoms with Gasteiger partial charge in [0, 0.05) is 22.3 Å². The minimum absolute atomic E-state index is 0.575. The van der Waals surface area contributed by atoms with E-state index >= 15 is 0 Å². The molecular formula is C23H18OSi. The average Bonchev–Trinajstić information content (AvgIpc) is 2.67. The molecule has 0 aliphatic carbocycles. The van der Waals surface area contributed by atoms with Gasteiger partial charge in [-0.15, -0.1) is 0 Å². The predicted octanol–water partition coefficient (Wildman–Crippen LogP) is 3.28. The third-order valence-electron chi connectivity index (χ3n) is 3.67. The fraction of sp³-hybridized carbons (Fsp3) is 0.0435. The minimum atomic E-state index is 0.575. The molecule has 1 nitrogen and oxygen atoms in total. The van der Waals surface area contributed by atoms with Crippen LogP contribution in [-0.4, -0.2) is 10.5 Å². The van der Waals surface area contributed by atoms with E-state index in [0.29, 0.717) is 17.1 Å². The quantitative estimate of drug-likeness (QED) is 0.515. The van der Waals surface area contributed by atoms with E-state index in [2.05, 4.69) is 29.7 Å². The van der Waals surface area contributed by atoms with E-state index < -0.39 is 0 Å². The molecule has 0 atom stereocenters. The Bertz CT molecular complexity index is 955. The zero-order valence-electron chi connectivity index (χ0n) is 14.1. The molecule has 0 fully saturated rings. The van der Waals surface area contributed by atoms with E-state index in [4.69, 9.17) is 4.43 Å². The van der Waals surface area contributed by atoms with E-state index in [9.17, 15) is 0 Å². The van der Waals surface area contributed by atoms with E-state index in [1.165, 1.54) is 0 Å². The molecule has 0 aliphatic rings. The van der Waals surface area contributed by atoms with Crippen molar-refractivity contribution in [2.45, 2.75) is 6.61 Å². The number of hydrogen-bond acceptors (Lipinski definition) is 1. The maximum Gasteiger partial charge on any atom is 0.146 e. The van der Waals surface area contributed by atoms with Gasteiger partial charge in [0.2, 0.25) is 0 Å². The second-order valence-corrected chi connectivity index (χ2v) is 6.08. The van der Waals surface area contributed by atoms with Gasteiger partial charge in [-0.2, -0.15) is 0 Å². The first-order chi connectivity index (χ1) is 12.4. The lowest BCUT2D eigenvalue weighted by atomic mass is 10.0. The zero-order chi connectivity index (χ0) is 17.3. The lowest BCUT2D eigenvalue weighted by Crippen LogP contribution is -1.96. The summed E-state index contributed by atoms with van der Waals surface area (Å²) >= 11 is 0. The molecule has 0 saturated carbocycles. The Morgan fingerprint density at radius 3 is 1.84 bits per heavy atom. The molecule has 0 heterocycles. The molecule has 3 aromatic carbocycles. The number of benzene rings is 3. The molecule has 0 N–H and O–H groups in total. The monoisotopic (exact) mass is 338 g/mol. The summed E-state index contributed by atoms with van der Waals surface area (Å²) in [5.74, 6) is 13.0. The van der Waals surface area contributed by atoms with Gasteiger partial charge in [0.15, 0.2) is 0 Å². The van der Waals surface area contributed by atoms with Crippen molar-refractivity contribution in [1.29, 1.82) is 0 Å². The van der Waals surface area contributed by atoms with Crippen LogP contribution in [0, 0.1) is 23.7 Å². The molecule has 3 rings (SSSR count). The van der Waals surface area contributed by atoms with E-state index in [1.54, 1.807) is 0 Å². The maximum absolute atomic E-state index is 5.46. The van der Waals surface area contributed by atoms with Gasteiger partial charge in [0.05, 0.1) is 6.61 Å². The molecule has 0 amide bonds. The number of hydrogen-bond donors (Lipinski definition) is 0. The molecule has 0 unspecified atom stereocenters. The Hall–Kier alpha value is -3.04. The molecule has 0 radical (unpaired) electrons. The van der Waals surface area contributed by atoms with Gasteiger partial charge in [-0.1, -0.05) is 72.2 Å². The van der Waals surface area contributed by atoms with Gasteiger partial charge < -0.3 is 4.43 Å². The fourth-order valence-corrected chi connectivity index (χ4v) is 2.76. The average molecular weight is 338 g/mol. The van der Waals surface area contributed by atoms with Crippen molar-refractivity contribution >= 4 is 10.5 Å². The predicted molar refractivity (Wildman–Crippen MR) is 106 cm³/mol. The smallest absolute Gasteiger partial charge is 0.146 e. The van der Waals surface area contributed by atoms with Crippen molar-refractivity contribution in [2.24, 2.45) is 0 Å². The molecule has 0 aliphatic heterocycles. The van der Waals surface area contributed by atoms with Crippen molar-refractivity contribution < 1.29 is 4.43 Å². The summed E-state index contributed by atoms with van der Waals surface area (Å²) in [4.78, 5) is 0. The highest BCUT2D eigenvalue weighted by molar-refractivity contribution is 5.97. The van der Waals surface area contributed by atoms with Crippen LogP contribution in [0.2, 0.25) is 0 Å². The van der Waals surface area contributed by atoms with E-state index in [1.807, 2.05) is 72.8 Å². The summed E-state index contributed by atoms with van der Waals surface area (Å²) in [7, 11) is 0.698. The molecular weight excluding hydrogens is 320 g/mol. The summed E-state index contributed by atoms with van der Waals surface area (Å²) in [6.45, 7) is 0.575. The van der Waals surface area contributed by atoms with Crippen molar-refractivity contribution in [3.05, 3.63) is 107 Å². The molecule has 0 spiro atoms. The maximum atomic E-state index is 5.46. The Balaban J connectivity index is 2.03. The molecule has 25 heavy (non-hydrogen) atoms. The second-order valence-electron chi connectivity index (χ2n) is 5.50. The Morgan fingerprint density at radius 2 is 1.24 bits per heavy atom. The van der Waals surface area contributed by atoms with E-state index in [-0.39, 0.29) is 0 Å². The summed E-state index contributed by atoms with van der Waals surface area (Å²) in [5.41, 5.74) is 4.95. The van der Waals surface area contributed by atoms with Gasteiger partial charge >= 0.3 is 0 Å². The first kappa shape index (κ1) is 16.8. The molecule has 3 aromatic rings. The summed E-state index contributed by atoms with van der Waals surface area (Å²) in [5, 5.41) is 0. The van der Waals surface area contributed by atoms with Gasteiger partial charge in [-0.05, 0) is 35.9 Å².